The van der Waals surface area contributed by atoms with Crippen molar-refractivity contribution in [2.45, 2.75) is 20.3 Å². The molecule has 2 aromatic heterocycles. The van der Waals surface area contributed by atoms with Gasteiger partial charge in [-0.3, -0.25) is 4.79 Å². The number of carbonyl (C=O) groups is 1. The minimum absolute atomic E-state index is 0.0566. The fourth-order valence-electron chi connectivity index (χ4n) is 1.55. The van der Waals surface area contributed by atoms with Crippen molar-refractivity contribution in [1.82, 2.24) is 14.8 Å². The van der Waals surface area contributed by atoms with E-state index in [1.165, 1.54) is 11.6 Å². The average molecular weight is 250 g/mol. The lowest BCUT2D eigenvalue weighted by atomic mass is 10.2. The predicted octanol–water partition coefficient (Wildman–Crippen LogP) is 2.69. The second kappa shape index (κ2) is 4.67. The molecule has 0 amide bonds. The Balaban J connectivity index is 2.62. The molecule has 4 nitrogen and oxygen atoms in total. The molecule has 0 atom stereocenters. The number of halogens is 1. The van der Waals surface area contributed by atoms with Crippen molar-refractivity contribution in [1.29, 1.82) is 0 Å². The van der Waals surface area contributed by atoms with E-state index >= 15 is 0 Å². The summed E-state index contributed by atoms with van der Waals surface area (Å²) >= 11 is 6.05. The number of aromatic nitrogens is 3. The van der Waals surface area contributed by atoms with Crippen LogP contribution in [-0.4, -0.2) is 20.5 Å². The summed E-state index contributed by atoms with van der Waals surface area (Å²) in [5.41, 5.74) is 1.35. The first-order chi connectivity index (χ1) is 8.13. The van der Waals surface area contributed by atoms with E-state index in [9.17, 15) is 4.79 Å². The SMILES string of the molecule is CCc1cc(C(C)=O)n(-c2ncccc2Cl)n1. The Kier molecular flexibility index (Phi) is 3.24. The van der Waals surface area contributed by atoms with E-state index in [2.05, 4.69) is 10.1 Å². The Morgan fingerprint density at radius 1 is 1.53 bits per heavy atom. The summed E-state index contributed by atoms with van der Waals surface area (Å²) < 4.78 is 1.50. The third kappa shape index (κ3) is 2.22. The van der Waals surface area contributed by atoms with Crippen LogP contribution in [0.15, 0.2) is 24.4 Å². The van der Waals surface area contributed by atoms with Gasteiger partial charge in [-0.15, -0.1) is 0 Å². The van der Waals surface area contributed by atoms with Crippen LogP contribution in [0, 0.1) is 0 Å². The first kappa shape index (κ1) is 11.8. The third-order valence-electron chi connectivity index (χ3n) is 2.42. The lowest BCUT2D eigenvalue weighted by Crippen LogP contribution is -2.08. The lowest BCUT2D eigenvalue weighted by Gasteiger charge is -2.05. The normalized spacial score (nSPS) is 10.5. The highest BCUT2D eigenvalue weighted by Gasteiger charge is 2.15. The van der Waals surface area contributed by atoms with Crippen LogP contribution in [0.4, 0.5) is 0 Å². The third-order valence-corrected chi connectivity index (χ3v) is 2.72. The van der Waals surface area contributed by atoms with E-state index < -0.39 is 0 Å². The molecular weight excluding hydrogens is 238 g/mol. The van der Waals surface area contributed by atoms with Gasteiger partial charge in [-0.05, 0) is 24.6 Å². The van der Waals surface area contributed by atoms with E-state index in [0.29, 0.717) is 16.5 Å². The summed E-state index contributed by atoms with van der Waals surface area (Å²) in [6.07, 6.45) is 2.39. The number of rotatable bonds is 3. The standard InChI is InChI=1S/C12H12ClN3O/c1-3-9-7-11(8(2)17)16(15-9)12-10(13)5-4-6-14-12/h4-7H,3H2,1-2H3. The summed E-state index contributed by atoms with van der Waals surface area (Å²) in [4.78, 5) is 15.7. The molecule has 0 saturated heterocycles. The highest BCUT2D eigenvalue weighted by molar-refractivity contribution is 6.32. The number of ketones is 1. The molecule has 0 aliphatic heterocycles. The fourth-order valence-corrected chi connectivity index (χ4v) is 1.75. The highest BCUT2D eigenvalue weighted by Crippen LogP contribution is 2.19. The molecule has 2 heterocycles. The zero-order valence-electron chi connectivity index (χ0n) is 9.64. The van der Waals surface area contributed by atoms with Crippen LogP contribution in [0.25, 0.3) is 5.82 Å². The van der Waals surface area contributed by atoms with E-state index in [-0.39, 0.29) is 5.78 Å². The maximum Gasteiger partial charge on any atom is 0.178 e. The maximum atomic E-state index is 11.5. The Labute approximate surface area is 104 Å². The van der Waals surface area contributed by atoms with Crippen LogP contribution in [0.1, 0.15) is 30.0 Å². The van der Waals surface area contributed by atoms with Crippen molar-refractivity contribution in [2.24, 2.45) is 0 Å². The molecule has 0 N–H and O–H groups in total. The number of Topliss-reactive ketones (excluding diaryl/α,β-unsaturated/α-hetero) is 1. The number of pyridine rings is 1. The average Bonchev–Trinajstić information content (AvgIpc) is 2.73. The predicted molar refractivity (Wildman–Crippen MR) is 65.8 cm³/mol. The summed E-state index contributed by atoms with van der Waals surface area (Å²) in [5, 5.41) is 4.80. The number of nitrogens with zero attached hydrogens (tertiary/aromatic N) is 3. The van der Waals surface area contributed by atoms with Gasteiger partial charge in [0.1, 0.15) is 5.69 Å². The van der Waals surface area contributed by atoms with Crippen molar-refractivity contribution in [3.05, 3.63) is 40.8 Å². The number of carbonyl (C=O) groups excluding carboxylic acids is 1. The van der Waals surface area contributed by atoms with Crippen molar-refractivity contribution in [3.8, 4) is 5.82 Å². The van der Waals surface area contributed by atoms with Gasteiger partial charge in [0.25, 0.3) is 0 Å². The molecule has 0 aromatic carbocycles. The van der Waals surface area contributed by atoms with Gasteiger partial charge in [0, 0.05) is 13.1 Å². The zero-order valence-corrected chi connectivity index (χ0v) is 10.4. The molecule has 0 bridgehead atoms. The first-order valence-electron chi connectivity index (χ1n) is 5.34. The van der Waals surface area contributed by atoms with Gasteiger partial charge in [-0.2, -0.15) is 5.10 Å². The lowest BCUT2D eigenvalue weighted by molar-refractivity contribution is 0.101. The van der Waals surface area contributed by atoms with Gasteiger partial charge < -0.3 is 0 Å². The summed E-state index contributed by atoms with van der Waals surface area (Å²) in [6, 6.07) is 5.23. The van der Waals surface area contributed by atoms with E-state index in [1.54, 1.807) is 24.4 Å². The Morgan fingerprint density at radius 3 is 2.88 bits per heavy atom. The molecule has 0 fully saturated rings. The summed E-state index contributed by atoms with van der Waals surface area (Å²) in [6.45, 7) is 3.49. The second-order valence-electron chi connectivity index (χ2n) is 3.65. The smallest absolute Gasteiger partial charge is 0.178 e. The molecule has 2 rings (SSSR count). The Morgan fingerprint density at radius 2 is 2.29 bits per heavy atom. The van der Waals surface area contributed by atoms with Crippen LogP contribution in [-0.2, 0) is 6.42 Å². The molecule has 5 heteroatoms. The van der Waals surface area contributed by atoms with E-state index in [4.69, 9.17) is 11.6 Å². The monoisotopic (exact) mass is 249 g/mol. The topological polar surface area (TPSA) is 47.8 Å². The van der Waals surface area contributed by atoms with Crippen LogP contribution in [0.3, 0.4) is 0 Å². The molecule has 17 heavy (non-hydrogen) atoms. The molecule has 88 valence electrons. The quantitative estimate of drug-likeness (QED) is 0.786. The molecular formula is C12H12ClN3O. The number of aryl methyl sites for hydroxylation is 1. The summed E-state index contributed by atoms with van der Waals surface area (Å²) in [7, 11) is 0. The molecule has 0 unspecified atom stereocenters. The molecule has 2 aromatic rings. The highest BCUT2D eigenvalue weighted by atomic mass is 35.5. The van der Waals surface area contributed by atoms with Crippen LogP contribution >= 0.6 is 11.6 Å². The van der Waals surface area contributed by atoms with Gasteiger partial charge >= 0.3 is 0 Å². The Bertz CT molecular complexity index is 563. The molecule has 0 radical (unpaired) electrons. The largest absolute Gasteiger partial charge is 0.293 e. The fraction of sp³-hybridized carbons (Fsp3) is 0.250. The van der Waals surface area contributed by atoms with Gasteiger partial charge in [-0.1, -0.05) is 18.5 Å². The van der Waals surface area contributed by atoms with Gasteiger partial charge in [0.15, 0.2) is 11.6 Å². The van der Waals surface area contributed by atoms with Crippen LogP contribution in [0.2, 0.25) is 5.02 Å². The molecule has 0 aliphatic rings. The van der Waals surface area contributed by atoms with Crippen molar-refractivity contribution < 1.29 is 4.79 Å². The van der Waals surface area contributed by atoms with Gasteiger partial charge in [0.2, 0.25) is 0 Å². The Hall–Kier alpha value is -1.68. The molecule has 0 aliphatic carbocycles. The van der Waals surface area contributed by atoms with Gasteiger partial charge in [0.05, 0.1) is 10.7 Å². The maximum absolute atomic E-state index is 11.5. The van der Waals surface area contributed by atoms with Crippen molar-refractivity contribution in [3.63, 3.8) is 0 Å². The van der Waals surface area contributed by atoms with E-state index in [0.717, 1.165) is 12.1 Å². The van der Waals surface area contributed by atoms with Crippen molar-refractivity contribution in [2.75, 3.05) is 0 Å². The zero-order chi connectivity index (χ0) is 12.4. The molecule has 0 saturated carbocycles. The van der Waals surface area contributed by atoms with E-state index in [1.807, 2.05) is 6.92 Å². The van der Waals surface area contributed by atoms with Gasteiger partial charge in [-0.25, -0.2) is 9.67 Å². The van der Waals surface area contributed by atoms with Crippen molar-refractivity contribution >= 4 is 17.4 Å². The second-order valence-corrected chi connectivity index (χ2v) is 4.06. The minimum atomic E-state index is -0.0566. The first-order valence-corrected chi connectivity index (χ1v) is 5.72. The number of hydrogen-bond donors (Lipinski definition) is 0. The molecule has 0 spiro atoms. The minimum Gasteiger partial charge on any atom is -0.293 e. The van der Waals surface area contributed by atoms with Crippen LogP contribution < -0.4 is 0 Å². The summed E-state index contributed by atoms with van der Waals surface area (Å²) in [5.74, 6) is 0.429. The number of hydrogen-bond acceptors (Lipinski definition) is 3. The van der Waals surface area contributed by atoms with Crippen LogP contribution in [0.5, 0.6) is 0 Å².